The van der Waals surface area contributed by atoms with Crippen molar-refractivity contribution in [2.45, 2.75) is 6.54 Å². The van der Waals surface area contributed by atoms with Gasteiger partial charge in [0.05, 0.1) is 10.7 Å². The zero-order valence-electron chi connectivity index (χ0n) is 14.0. The Bertz CT molecular complexity index is 875. The first kappa shape index (κ1) is 17.3. The molecule has 26 heavy (non-hydrogen) atoms. The number of benzene rings is 1. The third-order valence-corrected chi connectivity index (χ3v) is 4.77. The molecule has 0 atom stereocenters. The highest BCUT2D eigenvalue weighted by Gasteiger charge is 2.22. The smallest absolute Gasteiger partial charge is 0.322 e. The molecule has 0 aliphatic carbocycles. The van der Waals surface area contributed by atoms with E-state index in [0.29, 0.717) is 21.9 Å². The van der Waals surface area contributed by atoms with Crippen molar-refractivity contribution in [3.8, 4) is 11.4 Å². The largest absolute Gasteiger partial charge is 0.324 e. The SMILES string of the molecule is Clc1ccc(CN2CCN(c3nc(-c4cccc(Cl)c4)no3)CC2)nc1. The molecule has 0 bridgehead atoms. The fourth-order valence-corrected chi connectivity index (χ4v) is 3.22. The quantitative estimate of drug-likeness (QED) is 0.676. The molecule has 1 aliphatic rings. The monoisotopic (exact) mass is 389 g/mol. The molecule has 1 fully saturated rings. The highest BCUT2D eigenvalue weighted by atomic mass is 35.5. The standard InChI is InChI=1S/C18H17Cl2N5O/c19-14-3-1-2-13(10-14)17-22-18(26-23-17)25-8-6-24(7-9-25)12-16-5-4-15(20)11-21-16/h1-5,10-11H,6-9,12H2. The average Bonchev–Trinajstić information content (AvgIpc) is 3.14. The van der Waals surface area contributed by atoms with Gasteiger partial charge in [0.15, 0.2) is 0 Å². The summed E-state index contributed by atoms with van der Waals surface area (Å²) >= 11 is 11.9. The van der Waals surface area contributed by atoms with Gasteiger partial charge < -0.3 is 9.42 Å². The summed E-state index contributed by atoms with van der Waals surface area (Å²) in [4.78, 5) is 13.3. The summed E-state index contributed by atoms with van der Waals surface area (Å²) in [6.45, 7) is 4.26. The molecule has 0 unspecified atom stereocenters. The van der Waals surface area contributed by atoms with Crippen LogP contribution in [0.3, 0.4) is 0 Å². The Kier molecular flexibility index (Phi) is 5.06. The molecule has 0 N–H and O–H groups in total. The van der Waals surface area contributed by atoms with Gasteiger partial charge in [-0.15, -0.1) is 0 Å². The molecule has 0 amide bonds. The van der Waals surface area contributed by atoms with Crippen molar-refractivity contribution >= 4 is 29.2 Å². The lowest BCUT2D eigenvalue weighted by molar-refractivity contribution is 0.240. The highest BCUT2D eigenvalue weighted by molar-refractivity contribution is 6.31. The number of pyridine rings is 1. The maximum atomic E-state index is 6.03. The lowest BCUT2D eigenvalue weighted by atomic mass is 10.2. The van der Waals surface area contributed by atoms with Crippen LogP contribution < -0.4 is 4.90 Å². The summed E-state index contributed by atoms with van der Waals surface area (Å²) in [5, 5.41) is 5.38. The van der Waals surface area contributed by atoms with Crippen LogP contribution in [0.4, 0.5) is 6.01 Å². The molecule has 0 saturated carbocycles. The van der Waals surface area contributed by atoms with Gasteiger partial charge in [-0.2, -0.15) is 4.98 Å². The van der Waals surface area contributed by atoms with E-state index in [4.69, 9.17) is 27.7 Å². The number of piperazine rings is 1. The molecule has 3 heterocycles. The van der Waals surface area contributed by atoms with Gasteiger partial charge in [0.1, 0.15) is 0 Å². The molecule has 8 heteroatoms. The average molecular weight is 390 g/mol. The number of halogens is 2. The molecule has 2 aromatic heterocycles. The first-order chi connectivity index (χ1) is 12.7. The van der Waals surface area contributed by atoms with E-state index in [1.165, 1.54) is 0 Å². The van der Waals surface area contributed by atoms with E-state index in [0.717, 1.165) is 44.0 Å². The number of rotatable bonds is 4. The molecular formula is C18H17Cl2N5O. The lowest BCUT2D eigenvalue weighted by Gasteiger charge is -2.33. The fourth-order valence-electron chi connectivity index (χ4n) is 2.92. The van der Waals surface area contributed by atoms with Crippen molar-refractivity contribution in [3.05, 3.63) is 58.3 Å². The van der Waals surface area contributed by atoms with Crippen LogP contribution in [0.15, 0.2) is 47.1 Å². The van der Waals surface area contributed by atoms with Crippen LogP contribution in [0.5, 0.6) is 0 Å². The third-order valence-electron chi connectivity index (χ3n) is 4.32. The Labute approximate surface area is 161 Å². The van der Waals surface area contributed by atoms with E-state index in [9.17, 15) is 0 Å². The second kappa shape index (κ2) is 7.61. The van der Waals surface area contributed by atoms with Gasteiger partial charge in [-0.05, 0) is 24.3 Å². The molecule has 1 saturated heterocycles. The minimum Gasteiger partial charge on any atom is -0.322 e. The van der Waals surface area contributed by atoms with E-state index in [1.807, 2.05) is 36.4 Å². The summed E-state index contributed by atoms with van der Waals surface area (Å²) in [6.07, 6.45) is 1.68. The van der Waals surface area contributed by atoms with Crippen molar-refractivity contribution in [2.24, 2.45) is 0 Å². The van der Waals surface area contributed by atoms with Crippen LogP contribution in [0.2, 0.25) is 10.0 Å². The van der Waals surface area contributed by atoms with Crippen LogP contribution in [0.25, 0.3) is 11.4 Å². The van der Waals surface area contributed by atoms with Gasteiger partial charge in [0.25, 0.3) is 0 Å². The number of aromatic nitrogens is 3. The van der Waals surface area contributed by atoms with E-state index in [2.05, 4.69) is 24.9 Å². The minimum absolute atomic E-state index is 0.546. The summed E-state index contributed by atoms with van der Waals surface area (Å²) in [6, 6.07) is 11.8. The third kappa shape index (κ3) is 3.98. The molecule has 1 aromatic carbocycles. The zero-order valence-corrected chi connectivity index (χ0v) is 15.5. The number of anilines is 1. The lowest BCUT2D eigenvalue weighted by Crippen LogP contribution is -2.46. The fraction of sp³-hybridized carbons (Fsp3) is 0.278. The Hall–Kier alpha value is -2.15. The van der Waals surface area contributed by atoms with E-state index in [1.54, 1.807) is 6.20 Å². The van der Waals surface area contributed by atoms with Gasteiger partial charge >= 0.3 is 6.01 Å². The Balaban J connectivity index is 1.37. The van der Waals surface area contributed by atoms with Crippen LogP contribution in [0, 0.1) is 0 Å². The Morgan fingerprint density at radius 1 is 1.00 bits per heavy atom. The predicted molar refractivity (Wildman–Crippen MR) is 101 cm³/mol. The molecule has 1 aliphatic heterocycles. The number of nitrogens with zero attached hydrogens (tertiary/aromatic N) is 5. The molecule has 134 valence electrons. The first-order valence-electron chi connectivity index (χ1n) is 8.35. The highest BCUT2D eigenvalue weighted by Crippen LogP contribution is 2.23. The van der Waals surface area contributed by atoms with E-state index < -0.39 is 0 Å². The normalized spacial score (nSPS) is 15.4. The molecule has 4 rings (SSSR count). The van der Waals surface area contributed by atoms with E-state index in [-0.39, 0.29) is 0 Å². The maximum Gasteiger partial charge on any atom is 0.324 e. The van der Waals surface area contributed by atoms with Gasteiger partial charge in [-0.1, -0.05) is 40.5 Å². The molecule has 0 radical (unpaired) electrons. The second-order valence-corrected chi connectivity index (χ2v) is 7.01. The summed E-state index contributed by atoms with van der Waals surface area (Å²) < 4.78 is 5.44. The summed E-state index contributed by atoms with van der Waals surface area (Å²) in [5.74, 6) is 0.551. The maximum absolute atomic E-state index is 6.03. The van der Waals surface area contributed by atoms with Crippen LogP contribution in [-0.2, 0) is 6.54 Å². The topological polar surface area (TPSA) is 58.3 Å². The Morgan fingerprint density at radius 2 is 1.85 bits per heavy atom. The predicted octanol–water partition coefficient (Wildman–Crippen LogP) is 3.76. The van der Waals surface area contributed by atoms with Crippen LogP contribution >= 0.6 is 23.2 Å². The van der Waals surface area contributed by atoms with Crippen molar-refractivity contribution in [1.29, 1.82) is 0 Å². The molecule has 0 spiro atoms. The molecular weight excluding hydrogens is 373 g/mol. The Morgan fingerprint density at radius 3 is 2.58 bits per heavy atom. The van der Waals surface area contributed by atoms with Crippen molar-refractivity contribution in [1.82, 2.24) is 20.0 Å². The van der Waals surface area contributed by atoms with Crippen LogP contribution in [0.1, 0.15) is 5.69 Å². The molecule has 6 nitrogen and oxygen atoms in total. The molecule has 3 aromatic rings. The first-order valence-corrected chi connectivity index (χ1v) is 9.10. The van der Waals surface area contributed by atoms with Crippen LogP contribution in [-0.4, -0.2) is 46.2 Å². The van der Waals surface area contributed by atoms with Gasteiger partial charge in [-0.25, -0.2) is 0 Å². The second-order valence-electron chi connectivity index (χ2n) is 6.14. The van der Waals surface area contributed by atoms with Crippen molar-refractivity contribution < 1.29 is 4.52 Å². The van der Waals surface area contributed by atoms with Gasteiger partial charge in [-0.3, -0.25) is 9.88 Å². The zero-order chi connectivity index (χ0) is 17.9. The minimum atomic E-state index is 0.546. The van der Waals surface area contributed by atoms with Crippen molar-refractivity contribution in [3.63, 3.8) is 0 Å². The van der Waals surface area contributed by atoms with E-state index >= 15 is 0 Å². The number of hydrogen-bond acceptors (Lipinski definition) is 6. The van der Waals surface area contributed by atoms with Gasteiger partial charge in [0.2, 0.25) is 5.82 Å². The summed E-state index contributed by atoms with van der Waals surface area (Å²) in [5.41, 5.74) is 1.86. The van der Waals surface area contributed by atoms with Crippen molar-refractivity contribution in [2.75, 3.05) is 31.1 Å². The number of hydrogen-bond donors (Lipinski definition) is 0. The van der Waals surface area contributed by atoms with Gasteiger partial charge in [0, 0.05) is 49.5 Å². The summed E-state index contributed by atoms with van der Waals surface area (Å²) in [7, 11) is 0.